The highest BCUT2D eigenvalue weighted by molar-refractivity contribution is 5.94. The Morgan fingerprint density at radius 3 is 2.46 bits per heavy atom. The summed E-state index contributed by atoms with van der Waals surface area (Å²) in [6.07, 6.45) is 10.7. The molecule has 7 rings (SSSR count). The van der Waals surface area contributed by atoms with Gasteiger partial charge in [-0.05, 0) is 81.0 Å². The molecule has 8 nitrogen and oxygen atoms in total. The van der Waals surface area contributed by atoms with E-state index >= 15 is 0 Å². The lowest BCUT2D eigenvalue weighted by atomic mass is 9.96. The van der Waals surface area contributed by atoms with Gasteiger partial charge in [-0.1, -0.05) is 24.3 Å². The molecule has 0 unspecified atom stereocenters. The topological polar surface area (TPSA) is 66.7 Å². The quantitative estimate of drug-likeness (QED) is 0.379. The number of nitrogens with zero attached hydrogens (tertiary/aromatic N) is 6. The number of anilines is 2. The summed E-state index contributed by atoms with van der Waals surface area (Å²) in [4.78, 5) is 25.3. The van der Waals surface area contributed by atoms with E-state index in [1.165, 1.54) is 47.9 Å². The molecule has 39 heavy (non-hydrogen) atoms. The maximum absolute atomic E-state index is 14.4. The lowest BCUT2D eigenvalue weighted by Gasteiger charge is -2.46. The maximum Gasteiger partial charge on any atom is 0.326 e. The van der Waals surface area contributed by atoms with Crippen LogP contribution >= 0.6 is 0 Å². The molecule has 1 saturated heterocycles. The van der Waals surface area contributed by atoms with E-state index in [2.05, 4.69) is 63.8 Å². The molecule has 0 radical (unpaired) electrons. The zero-order valence-corrected chi connectivity index (χ0v) is 23.2. The van der Waals surface area contributed by atoms with Gasteiger partial charge in [-0.2, -0.15) is 5.10 Å². The fourth-order valence-electron chi connectivity index (χ4n) is 6.66. The molecule has 0 N–H and O–H groups in total. The lowest BCUT2D eigenvalue weighted by Crippen LogP contribution is -2.55. The van der Waals surface area contributed by atoms with Gasteiger partial charge in [0.1, 0.15) is 5.69 Å². The van der Waals surface area contributed by atoms with Crippen LogP contribution < -0.4 is 14.5 Å². The molecule has 1 aromatic carbocycles. The Morgan fingerprint density at radius 2 is 1.74 bits per heavy atom. The molecule has 2 aliphatic heterocycles. The van der Waals surface area contributed by atoms with E-state index in [-0.39, 0.29) is 18.1 Å². The summed E-state index contributed by atoms with van der Waals surface area (Å²) in [5, 5.41) is 5.01. The average molecular weight is 527 g/mol. The first-order valence-electron chi connectivity index (χ1n) is 14.5. The highest BCUT2D eigenvalue weighted by Gasteiger charge is 2.43. The summed E-state index contributed by atoms with van der Waals surface area (Å²) >= 11 is 0. The highest BCUT2D eigenvalue weighted by Crippen LogP contribution is 2.45. The van der Waals surface area contributed by atoms with Crippen LogP contribution in [0.5, 0.6) is 5.88 Å². The van der Waals surface area contributed by atoms with Gasteiger partial charge in [0.05, 0.1) is 25.7 Å². The molecule has 3 fully saturated rings. The van der Waals surface area contributed by atoms with Gasteiger partial charge < -0.3 is 14.5 Å². The number of ether oxygens (including phenoxy) is 1. The van der Waals surface area contributed by atoms with Gasteiger partial charge in [-0.25, -0.2) is 9.78 Å². The molecule has 0 bridgehead atoms. The van der Waals surface area contributed by atoms with E-state index < -0.39 is 0 Å². The van der Waals surface area contributed by atoms with E-state index in [1.54, 1.807) is 13.3 Å². The second-order valence-electron chi connectivity index (χ2n) is 11.7. The highest BCUT2D eigenvalue weighted by atomic mass is 16.5. The minimum Gasteiger partial charge on any atom is -0.480 e. The first kappa shape index (κ1) is 24.5. The first-order chi connectivity index (χ1) is 19.0. The second kappa shape index (κ2) is 9.57. The minimum absolute atomic E-state index is 0.00106. The van der Waals surface area contributed by atoms with E-state index in [1.807, 2.05) is 11.0 Å². The van der Waals surface area contributed by atoms with E-state index in [0.29, 0.717) is 24.4 Å². The first-order valence-corrected chi connectivity index (χ1v) is 14.5. The Balaban J connectivity index is 1.18. The third-order valence-corrected chi connectivity index (χ3v) is 9.10. The normalized spacial score (nSPS) is 21.9. The van der Waals surface area contributed by atoms with Gasteiger partial charge >= 0.3 is 6.03 Å². The van der Waals surface area contributed by atoms with Crippen LogP contribution in [0.2, 0.25) is 0 Å². The average Bonchev–Trinajstić information content (AvgIpc) is 3.89. The van der Waals surface area contributed by atoms with Crippen molar-refractivity contribution >= 4 is 17.5 Å². The summed E-state index contributed by atoms with van der Waals surface area (Å²) in [6.45, 7) is 6.60. The largest absolute Gasteiger partial charge is 0.480 e. The number of benzene rings is 1. The number of fused-ring (bicyclic) bond motifs is 1. The summed E-state index contributed by atoms with van der Waals surface area (Å²) in [5.41, 5.74) is 6.07. The van der Waals surface area contributed by atoms with Crippen LogP contribution in [0.4, 0.5) is 16.3 Å². The fraction of sp³-hybridized carbons (Fsp3) is 0.516. The zero-order valence-electron chi connectivity index (χ0n) is 23.2. The smallest absolute Gasteiger partial charge is 0.326 e. The van der Waals surface area contributed by atoms with Crippen molar-refractivity contribution < 1.29 is 9.53 Å². The number of carbonyl (C=O) groups excluding carboxylic acids is 1. The van der Waals surface area contributed by atoms with Gasteiger partial charge in [0.2, 0.25) is 5.88 Å². The van der Waals surface area contributed by atoms with Crippen molar-refractivity contribution in [3.8, 4) is 5.88 Å². The van der Waals surface area contributed by atoms with Gasteiger partial charge in [0.25, 0.3) is 0 Å². The molecule has 2 amide bonds. The van der Waals surface area contributed by atoms with E-state index in [9.17, 15) is 4.79 Å². The number of carbonyl (C=O) groups is 1. The van der Waals surface area contributed by atoms with Crippen molar-refractivity contribution in [1.82, 2.24) is 19.7 Å². The number of aromatic nitrogens is 3. The Kier molecular flexibility index (Phi) is 6.01. The minimum atomic E-state index is 0.00106. The van der Waals surface area contributed by atoms with Crippen molar-refractivity contribution in [2.75, 3.05) is 30.0 Å². The number of amides is 2. The fourth-order valence-corrected chi connectivity index (χ4v) is 6.66. The number of aryl methyl sites for hydroxylation is 1. The Hall–Kier alpha value is -3.55. The molecular formula is C31H38N6O2. The van der Waals surface area contributed by atoms with Gasteiger partial charge in [-0.3, -0.25) is 9.58 Å². The summed E-state index contributed by atoms with van der Waals surface area (Å²) < 4.78 is 7.71. The van der Waals surface area contributed by atoms with Crippen molar-refractivity contribution in [2.45, 2.75) is 83.0 Å². The van der Waals surface area contributed by atoms with Gasteiger partial charge in [-0.15, -0.1) is 0 Å². The van der Waals surface area contributed by atoms with Crippen LogP contribution in [0.1, 0.15) is 85.7 Å². The van der Waals surface area contributed by atoms with Crippen LogP contribution in [0.3, 0.4) is 0 Å². The monoisotopic (exact) mass is 526 g/mol. The molecule has 2 saturated carbocycles. The Labute approximate surface area is 230 Å². The maximum atomic E-state index is 14.4. The number of urea groups is 1. The number of pyridine rings is 1. The molecule has 2 aromatic heterocycles. The van der Waals surface area contributed by atoms with Crippen molar-refractivity contribution in [3.63, 3.8) is 0 Å². The summed E-state index contributed by atoms with van der Waals surface area (Å²) in [5.74, 6) is 2.17. The van der Waals surface area contributed by atoms with Gasteiger partial charge in [0, 0.05) is 37.1 Å². The molecule has 204 valence electrons. The second-order valence-corrected chi connectivity index (χ2v) is 11.7. The zero-order chi connectivity index (χ0) is 26.7. The van der Waals surface area contributed by atoms with Crippen LogP contribution in [0.15, 0.2) is 42.7 Å². The van der Waals surface area contributed by atoms with Crippen LogP contribution in [-0.2, 0) is 6.54 Å². The van der Waals surface area contributed by atoms with Crippen LogP contribution in [-0.4, -0.2) is 51.9 Å². The van der Waals surface area contributed by atoms with Crippen LogP contribution in [0.25, 0.3) is 0 Å². The number of methoxy groups -OCH3 is 1. The molecule has 0 spiro atoms. The number of hydrogen-bond donors (Lipinski definition) is 0. The Morgan fingerprint density at radius 1 is 0.974 bits per heavy atom. The predicted octanol–water partition coefficient (Wildman–Crippen LogP) is 5.98. The number of piperidine rings is 1. The molecule has 4 aliphatic rings. The predicted molar refractivity (Wildman–Crippen MR) is 152 cm³/mol. The summed E-state index contributed by atoms with van der Waals surface area (Å²) in [6, 6.07) is 11.5. The molecule has 1 atom stereocenters. The van der Waals surface area contributed by atoms with Gasteiger partial charge in [0.15, 0.2) is 5.82 Å². The van der Waals surface area contributed by atoms with Crippen molar-refractivity contribution in [2.24, 2.45) is 0 Å². The number of hydrogen-bond acceptors (Lipinski definition) is 5. The van der Waals surface area contributed by atoms with Crippen molar-refractivity contribution in [1.29, 1.82) is 0 Å². The van der Waals surface area contributed by atoms with E-state index in [4.69, 9.17) is 9.84 Å². The number of rotatable bonds is 7. The molecule has 3 aromatic rings. The molecule has 4 heterocycles. The summed E-state index contributed by atoms with van der Waals surface area (Å²) in [7, 11) is 1.68. The third-order valence-electron chi connectivity index (χ3n) is 9.10. The van der Waals surface area contributed by atoms with Crippen molar-refractivity contribution in [3.05, 3.63) is 65.0 Å². The molecule has 2 aliphatic carbocycles. The third kappa shape index (κ3) is 4.34. The Bertz CT molecular complexity index is 1390. The lowest BCUT2D eigenvalue weighted by molar-refractivity contribution is 0.136. The standard InChI is InChI=1S/C31H38N6O2/c1-20-12-15-32-30(39-3)28(20)34-16-13-25(14-17-34)37-21(2)27-19-36(24-10-11-24)33-29(27)35(31(37)38)18-23-6-4-5-7-26(23)22-8-9-22/h4-7,12,15,19,21-22,24-25H,8-11,13-14,16-18H2,1-3H3/t21-/m1/s1. The SMILES string of the molecule is COc1nccc(C)c1N1CCC(N2C(=O)N(Cc3ccccc3C3CC3)c3nn(C4CC4)cc3[C@H]2C)CC1. The van der Waals surface area contributed by atoms with E-state index in [0.717, 1.165) is 37.4 Å². The molecular weight excluding hydrogens is 488 g/mol. The van der Waals surface area contributed by atoms with Crippen LogP contribution in [0, 0.1) is 6.92 Å². The molecule has 8 heteroatoms.